The van der Waals surface area contributed by atoms with Gasteiger partial charge in [-0.1, -0.05) is 90.0 Å². The lowest BCUT2D eigenvalue weighted by Crippen LogP contribution is -1.95. The van der Waals surface area contributed by atoms with E-state index in [1.807, 2.05) is 0 Å². The molecule has 0 spiro atoms. The van der Waals surface area contributed by atoms with Crippen molar-refractivity contribution in [3.63, 3.8) is 0 Å². The van der Waals surface area contributed by atoms with E-state index in [2.05, 4.69) is 117 Å². The van der Waals surface area contributed by atoms with E-state index >= 15 is 0 Å². The summed E-state index contributed by atoms with van der Waals surface area (Å²) in [5.74, 6) is 0. The first-order valence-electron chi connectivity index (χ1n) is 9.52. The molecule has 1 heteroatoms. The maximum atomic E-state index is 3.33. The monoisotopic (exact) mass is 353 g/mol. The number of allylic oxidation sites excluding steroid dienone is 2. The predicted molar refractivity (Wildman–Crippen MR) is 119 cm³/mol. The quantitative estimate of drug-likeness (QED) is 0.476. The number of rotatable bonds is 6. The van der Waals surface area contributed by atoms with Crippen LogP contribution in [-0.4, -0.2) is 6.54 Å². The second-order valence-electron chi connectivity index (χ2n) is 6.82. The van der Waals surface area contributed by atoms with Crippen LogP contribution in [0.3, 0.4) is 0 Å². The van der Waals surface area contributed by atoms with E-state index in [1.54, 1.807) is 0 Å². The van der Waals surface area contributed by atoms with Crippen LogP contribution < -0.4 is 5.32 Å². The molecule has 0 aromatic heterocycles. The van der Waals surface area contributed by atoms with E-state index in [1.165, 1.54) is 33.4 Å². The van der Waals surface area contributed by atoms with E-state index in [-0.39, 0.29) is 0 Å². The lowest BCUT2D eigenvalue weighted by molar-refractivity contribution is 1.21. The summed E-state index contributed by atoms with van der Waals surface area (Å²) in [5.41, 5.74) is 8.60. The number of hydrogen-bond acceptors (Lipinski definition) is 1. The van der Waals surface area contributed by atoms with Crippen LogP contribution in [0.25, 0.3) is 11.6 Å². The number of hydrogen-bond donors (Lipinski definition) is 1. The Morgan fingerprint density at radius 1 is 0.741 bits per heavy atom. The zero-order valence-electron chi connectivity index (χ0n) is 16.4. The third-order valence-electron chi connectivity index (χ3n) is 4.57. The molecule has 0 bridgehead atoms. The molecule has 1 nitrogen and oxygen atoms in total. The number of aryl methyl sites for hydroxylation is 2. The van der Waals surface area contributed by atoms with Gasteiger partial charge in [0, 0.05) is 12.2 Å². The van der Waals surface area contributed by atoms with Crippen LogP contribution in [0.1, 0.15) is 34.7 Å². The van der Waals surface area contributed by atoms with Gasteiger partial charge in [0.2, 0.25) is 0 Å². The summed E-state index contributed by atoms with van der Waals surface area (Å²) >= 11 is 0. The maximum Gasteiger partial charge on any atom is 0.0340 e. The van der Waals surface area contributed by atoms with Gasteiger partial charge in [0.25, 0.3) is 0 Å². The van der Waals surface area contributed by atoms with Gasteiger partial charge in [0.05, 0.1) is 0 Å². The summed E-state index contributed by atoms with van der Waals surface area (Å²) in [6.07, 6.45) is 6.49. The van der Waals surface area contributed by atoms with Crippen LogP contribution in [-0.2, 0) is 0 Å². The highest BCUT2D eigenvalue weighted by atomic mass is 14.8. The lowest BCUT2D eigenvalue weighted by atomic mass is 9.96. The summed E-state index contributed by atoms with van der Waals surface area (Å²) in [4.78, 5) is 0. The van der Waals surface area contributed by atoms with Crippen LogP contribution in [0.4, 0.5) is 5.69 Å². The van der Waals surface area contributed by atoms with Gasteiger partial charge in [-0.2, -0.15) is 0 Å². The van der Waals surface area contributed by atoms with Gasteiger partial charge in [-0.25, -0.2) is 0 Å². The molecular formula is C26H27N. The fourth-order valence-corrected chi connectivity index (χ4v) is 3.00. The van der Waals surface area contributed by atoms with E-state index < -0.39 is 0 Å². The molecule has 0 fully saturated rings. The van der Waals surface area contributed by atoms with Gasteiger partial charge >= 0.3 is 0 Å². The first-order chi connectivity index (χ1) is 13.2. The van der Waals surface area contributed by atoms with E-state index in [4.69, 9.17) is 0 Å². The van der Waals surface area contributed by atoms with E-state index in [0.29, 0.717) is 0 Å². The van der Waals surface area contributed by atoms with Crippen LogP contribution in [0.15, 0.2) is 84.9 Å². The molecule has 0 saturated heterocycles. The van der Waals surface area contributed by atoms with Crippen molar-refractivity contribution >= 4 is 17.3 Å². The Bertz CT molecular complexity index is 864. The van der Waals surface area contributed by atoms with Gasteiger partial charge in [0.15, 0.2) is 0 Å². The van der Waals surface area contributed by atoms with Gasteiger partial charge in [-0.05, 0) is 55.2 Å². The molecule has 136 valence electrons. The normalized spacial score (nSPS) is 10.8. The van der Waals surface area contributed by atoms with Crippen LogP contribution >= 0.6 is 0 Å². The average Bonchev–Trinajstić information content (AvgIpc) is 2.69. The number of nitrogens with one attached hydrogen (secondary N) is 1. The lowest BCUT2D eigenvalue weighted by Gasteiger charge is -2.09. The highest BCUT2D eigenvalue weighted by Gasteiger charge is 2.04. The molecule has 27 heavy (non-hydrogen) atoms. The highest BCUT2D eigenvalue weighted by Crippen LogP contribution is 2.24. The molecule has 0 amide bonds. The van der Waals surface area contributed by atoms with Crippen molar-refractivity contribution in [2.75, 3.05) is 11.9 Å². The molecule has 0 radical (unpaired) electrons. The molecule has 0 aliphatic carbocycles. The predicted octanol–water partition coefficient (Wildman–Crippen LogP) is 6.88. The Morgan fingerprint density at radius 2 is 1.26 bits per heavy atom. The second-order valence-corrected chi connectivity index (χ2v) is 6.82. The summed E-state index contributed by atoms with van der Waals surface area (Å²) in [6, 6.07) is 26.0. The van der Waals surface area contributed by atoms with Gasteiger partial charge < -0.3 is 5.32 Å². The highest BCUT2D eigenvalue weighted by molar-refractivity contribution is 5.81. The minimum Gasteiger partial charge on any atom is -0.385 e. The minimum absolute atomic E-state index is 0.939. The molecule has 0 aliphatic heterocycles. The largest absolute Gasteiger partial charge is 0.385 e. The Labute approximate surface area is 163 Å². The molecule has 3 aromatic rings. The molecule has 0 unspecified atom stereocenters. The van der Waals surface area contributed by atoms with Crippen LogP contribution in [0, 0.1) is 13.8 Å². The molecular weight excluding hydrogens is 326 g/mol. The molecule has 0 aliphatic rings. The third-order valence-corrected chi connectivity index (χ3v) is 4.57. The van der Waals surface area contributed by atoms with Crippen molar-refractivity contribution in [2.24, 2.45) is 0 Å². The van der Waals surface area contributed by atoms with E-state index in [9.17, 15) is 0 Å². The van der Waals surface area contributed by atoms with Crippen molar-refractivity contribution in [1.29, 1.82) is 0 Å². The molecule has 0 saturated carbocycles. The van der Waals surface area contributed by atoms with Gasteiger partial charge in [-0.3, -0.25) is 0 Å². The van der Waals surface area contributed by atoms with Crippen LogP contribution in [0.5, 0.6) is 0 Å². The fraction of sp³-hybridized carbons (Fsp3) is 0.154. The standard InChI is InChI=1S/C26H27N/c1-4-27-25-18-12-22(13-19-25)6-5-7-26(23-14-8-20(2)9-15-23)24-16-10-21(3)11-17-24/h5-19,27H,4H2,1-3H3/b6-5+. The summed E-state index contributed by atoms with van der Waals surface area (Å²) in [5, 5.41) is 3.33. The fourth-order valence-electron chi connectivity index (χ4n) is 3.00. The number of benzene rings is 3. The van der Waals surface area contributed by atoms with Crippen molar-refractivity contribution in [2.45, 2.75) is 20.8 Å². The first-order valence-corrected chi connectivity index (χ1v) is 9.52. The van der Waals surface area contributed by atoms with Crippen molar-refractivity contribution in [1.82, 2.24) is 0 Å². The Balaban J connectivity index is 1.89. The average molecular weight is 354 g/mol. The summed E-state index contributed by atoms with van der Waals surface area (Å²) in [6.45, 7) is 7.29. The Hall–Kier alpha value is -3.06. The van der Waals surface area contributed by atoms with Crippen molar-refractivity contribution in [3.05, 3.63) is 113 Å². The Kier molecular flexibility index (Phi) is 6.27. The zero-order valence-corrected chi connectivity index (χ0v) is 16.4. The SMILES string of the molecule is CCNc1ccc(/C=C/C=C(c2ccc(C)cc2)c2ccc(C)cc2)cc1. The minimum atomic E-state index is 0.939. The van der Waals surface area contributed by atoms with E-state index in [0.717, 1.165) is 12.2 Å². The van der Waals surface area contributed by atoms with Crippen LogP contribution in [0.2, 0.25) is 0 Å². The van der Waals surface area contributed by atoms with Crippen molar-refractivity contribution in [3.8, 4) is 0 Å². The first kappa shape index (κ1) is 18.7. The topological polar surface area (TPSA) is 12.0 Å². The number of anilines is 1. The molecule has 1 N–H and O–H groups in total. The molecule has 0 atom stereocenters. The molecule has 0 heterocycles. The van der Waals surface area contributed by atoms with Gasteiger partial charge in [-0.15, -0.1) is 0 Å². The summed E-state index contributed by atoms with van der Waals surface area (Å²) in [7, 11) is 0. The maximum absolute atomic E-state index is 3.33. The zero-order chi connectivity index (χ0) is 19.1. The Morgan fingerprint density at radius 3 is 1.74 bits per heavy atom. The van der Waals surface area contributed by atoms with Crippen molar-refractivity contribution < 1.29 is 0 Å². The smallest absolute Gasteiger partial charge is 0.0340 e. The molecule has 3 rings (SSSR count). The van der Waals surface area contributed by atoms with Gasteiger partial charge in [0.1, 0.15) is 0 Å². The third kappa shape index (κ3) is 5.21. The second kappa shape index (κ2) is 9.05. The molecule has 3 aromatic carbocycles. The summed E-state index contributed by atoms with van der Waals surface area (Å²) < 4.78 is 0.